The van der Waals surface area contributed by atoms with Gasteiger partial charge in [0.05, 0.1) is 29.7 Å². The third-order valence-electron chi connectivity index (χ3n) is 6.70. The molecule has 2 heterocycles. The summed E-state index contributed by atoms with van der Waals surface area (Å²) in [6.45, 7) is 9.38. The molecular weight excluding hydrogens is 420 g/mol. The number of ether oxygens (including phenoxy) is 1. The predicted octanol–water partition coefficient (Wildman–Crippen LogP) is 2.61. The van der Waals surface area contributed by atoms with E-state index in [0.29, 0.717) is 22.3 Å². The second-order valence-electron chi connectivity index (χ2n) is 9.20. The van der Waals surface area contributed by atoms with Gasteiger partial charge in [0.25, 0.3) is 5.56 Å². The molecule has 0 spiro atoms. The van der Waals surface area contributed by atoms with Crippen LogP contribution in [-0.4, -0.2) is 42.8 Å². The highest BCUT2D eigenvalue weighted by Gasteiger charge is 2.39. The van der Waals surface area contributed by atoms with Crippen molar-refractivity contribution >= 4 is 22.3 Å². The molecule has 2 atom stereocenters. The van der Waals surface area contributed by atoms with Crippen LogP contribution in [0.3, 0.4) is 0 Å². The quantitative estimate of drug-likeness (QED) is 0.570. The first-order valence-corrected chi connectivity index (χ1v) is 11.7. The summed E-state index contributed by atoms with van der Waals surface area (Å²) in [5, 5.41) is 13.2. The molecule has 4 N–H and O–H groups in total. The fourth-order valence-electron chi connectivity index (χ4n) is 5.10. The van der Waals surface area contributed by atoms with Crippen LogP contribution in [0.15, 0.2) is 15.7 Å². The summed E-state index contributed by atoms with van der Waals surface area (Å²) < 4.78 is 7.41. The Morgan fingerprint density at radius 2 is 1.97 bits per heavy atom. The monoisotopic (exact) mass is 456 g/mol. The van der Waals surface area contributed by atoms with E-state index >= 15 is 0 Å². The van der Waals surface area contributed by atoms with Crippen LogP contribution in [0.25, 0.3) is 10.9 Å². The molecule has 1 saturated heterocycles. The number of H-pyrrole nitrogens is 1. The van der Waals surface area contributed by atoms with Gasteiger partial charge in [-0.25, -0.2) is 4.79 Å². The highest BCUT2D eigenvalue weighted by Crippen LogP contribution is 2.44. The zero-order valence-corrected chi connectivity index (χ0v) is 20.5. The van der Waals surface area contributed by atoms with E-state index in [0.717, 1.165) is 38.0 Å². The minimum atomic E-state index is -0.512. The molecule has 2 unspecified atom stereocenters. The maximum Gasteiger partial charge on any atom is 0.329 e. The molecule has 1 aliphatic heterocycles. The van der Waals surface area contributed by atoms with Gasteiger partial charge in [-0.1, -0.05) is 13.8 Å². The summed E-state index contributed by atoms with van der Waals surface area (Å²) in [5.41, 5.74) is 6.46. The van der Waals surface area contributed by atoms with Crippen LogP contribution in [0, 0.1) is 22.7 Å². The van der Waals surface area contributed by atoms with Gasteiger partial charge in [0, 0.05) is 30.9 Å². The summed E-state index contributed by atoms with van der Waals surface area (Å²) in [4.78, 5) is 29.8. The van der Waals surface area contributed by atoms with Crippen LogP contribution in [0.1, 0.15) is 53.0 Å². The lowest BCUT2D eigenvalue weighted by Gasteiger charge is -2.33. The van der Waals surface area contributed by atoms with E-state index in [1.165, 1.54) is 0 Å². The van der Waals surface area contributed by atoms with Crippen LogP contribution in [0.2, 0.25) is 0 Å². The number of hydrogen-bond acceptors (Lipinski definition) is 7. The minimum Gasteiger partial charge on any atom is -0.492 e. The van der Waals surface area contributed by atoms with Gasteiger partial charge >= 0.3 is 5.69 Å². The third kappa shape index (κ3) is 4.32. The van der Waals surface area contributed by atoms with Crippen LogP contribution in [0.4, 0.5) is 11.4 Å². The Hall–Kier alpha value is -2.99. The molecule has 1 saturated carbocycles. The Morgan fingerprint density at radius 1 is 1.30 bits per heavy atom. The van der Waals surface area contributed by atoms with Gasteiger partial charge in [0.1, 0.15) is 5.52 Å². The van der Waals surface area contributed by atoms with Gasteiger partial charge in [-0.2, -0.15) is 5.26 Å². The lowest BCUT2D eigenvalue weighted by molar-refractivity contribution is 0.253. The summed E-state index contributed by atoms with van der Waals surface area (Å²) >= 11 is 0. The van der Waals surface area contributed by atoms with E-state index in [2.05, 4.69) is 21.3 Å². The van der Waals surface area contributed by atoms with Crippen LogP contribution >= 0.6 is 0 Å². The van der Waals surface area contributed by atoms with E-state index in [4.69, 9.17) is 10.5 Å². The highest BCUT2D eigenvalue weighted by atomic mass is 16.5. The molecule has 2 aromatic rings. The molecular formula is C24H36N6O3. The molecule has 9 heteroatoms. The zero-order valence-electron chi connectivity index (χ0n) is 20.5. The molecule has 0 bridgehead atoms. The van der Waals surface area contributed by atoms with Gasteiger partial charge in [0.2, 0.25) is 0 Å². The van der Waals surface area contributed by atoms with Crippen LogP contribution in [-0.2, 0) is 0 Å². The topological polar surface area (TPSA) is 129 Å². The summed E-state index contributed by atoms with van der Waals surface area (Å²) in [6, 6.07) is 4.26. The molecule has 1 aromatic heterocycles. The molecule has 0 radical (unpaired) electrons. The van der Waals surface area contributed by atoms with E-state index in [1.54, 1.807) is 17.7 Å². The Labute approximate surface area is 194 Å². The fourth-order valence-corrected chi connectivity index (χ4v) is 5.10. The maximum atomic E-state index is 12.6. The van der Waals surface area contributed by atoms with E-state index in [-0.39, 0.29) is 18.0 Å². The number of nitriles is 1. The predicted molar refractivity (Wildman–Crippen MR) is 132 cm³/mol. The van der Waals surface area contributed by atoms with E-state index in [1.807, 2.05) is 34.7 Å². The summed E-state index contributed by atoms with van der Waals surface area (Å²) in [7, 11) is 3.45. The number of nitrogens with two attached hydrogens (primary N) is 1. The first-order chi connectivity index (χ1) is 15.7. The molecule has 0 amide bonds. The number of nitrogens with one attached hydrogen (secondary N) is 2. The second-order valence-corrected chi connectivity index (χ2v) is 9.20. The lowest BCUT2D eigenvalue weighted by atomic mass is 9.78. The number of methoxy groups -OCH3 is 1. The van der Waals surface area contributed by atoms with Crippen molar-refractivity contribution < 1.29 is 4.74 Å². The Morgan fingerprint density at radius 3 is 2.52 bits per heavy atom. The number of aromatic amines is 1. The minimum absolute atomic E-state index is 0.0267. The standard InChI is InChI=1S/C22H30N6O3.C2H6/c1-22(2,11-23)19(25-3)12-7-8-27(10-12)15-9-14(24)16-17(18(15)31-4)28(13-5-6-13)21(30)26-20(16)29;1-2/h9,12-13,19,25H,5-8,10,24H2,1-4H3,(H,26,29,30);1-2H3. The molecule has 180 valence electrons. The maximum absolute atomic E-state index is 12.6. The van der Waals surface area contributed by atoms with Crippen molar-refractivity contribution in [3.63, 3.8) is 0 Å². The number of nitrogens with zero attached hydrogens (tertiary/aromatic N) is 3. The van der Waals surface area contributed by atoms with Crippen molar-refractivity contribution in [2.24, 2.45) is 11.3 Å². The van der Waals surface area contributed by atoms with Crippen molar-refractivity contribution in [2.75, 3.05) is 37.9 Å². The summed E-state index contributed by atoms with van der Waals surface area (Å²) in [5.74, 6) is 0.756. The SMILES string of the molecule is CC.CNC(C1CCN(c2cc(N)c3c(=O)[nH]c(=O)n(C4CC4)c3c2OC)C1)C(C)(C)C#N. The van der Waals surface area contributed by atoms with E-state index < -0.39 is 16.7 Å². The molecule has 4 rings (SSSR count). The fraction of sp³-hybridized carbons (Fsp3) is 0.625. The van der Waals surface area contributed by atoms with Gasteiger partial charge in [-0.3, -0.25) is 14.3 Å². The second kappa shape index (κ2) is 9.48. The molecule has 1 aromatic carbocycles. The Kier molecular flexibility index (Phi) is 7.08. The first-order valence-electron chi connectivity index (χ1n) is 11.7. The smallest absolute Gasteiger partial charge is 0.329 e. The Bertz CT molecular complexity index is 1170. The van der Waals surface area contributed by atoms with Crippen molar-refractivity contribution in [3.8, 4) is 11.8 Å². The molecule has 1 aliphatic carbocycles. The van der Waals surface area contributed by atoms with Gasteiger partial charge in [0.15, 0.2) is 5.75 Å². The van der Waals surface area contributed by atoms with Gasteiger partial charge in [-0.15, -0.1) is 0 Å². The normalized spacial score (nSPS) is 19.1. The van der Waals surface area contributed by atoms with Crippen molar-refractivity contribution in [1.29, 1.82) is 5.26 Å². The van der Waals surface area contributed by atoms with Crippen LogP contribution in [0.5, 0.6) is 5.75 Å². The molecule has 33 heavy (non-hydrogen) atoms. The first kappa shape index (κ1) is 24.6. The van der Waals surface area contributed by atoms with Crippen molar-refractivity contribution in [2.45, 2.75) is 59.0 Å². The molecule has 2 aliphatic rings. The number of aromatic nitrogens is 2. The molecule has 9 nitrogen and oxygen atoms in total. The average molecular weight is 457 g/mol. The lowest BCUT2D eigenvalue weighted by Crippen LogP contribution is -2.46. The number of anilines is 2. The van der Waals surface area contributed by atoms with Gasteiger partial charge in [-0.05, 0) is 52.1 Å². The number of rotatable bonds is 6. The largest absolute Gasteiger partial charge is 0.492 e. The average Bonchev–Trinajstić information content (AvgIpc) is 3.51. The van der Waals surface area contributed by atoms with Crippen molar-refractivity contribution in [3.05, 3.63) is 26.9 Å². The zero-order chi connectivity index (χ0) is 24.5. The Balaban J connectivity index is 0.00000149. The molecule has 2 fully saturated rings. The number of benzene rings is 1. The van der Waals surface area contributed by atoms with E-state index in [9.17, 15) is 14.9 Å². The third-order valence-corrected chi connectivity index (χ3v) is 6.70. The highest BCUT2D eigenvalue weighted by molar-refractivity contribution is 5.99. The number of fused-ring (bicyclic) bond motifs is 1. The van der Waals surface area contributed by atoms with Gasteiger partial charge < -0.3 is 20.7 Å². The number of hydrogen-bond donors (Lipinski definition) is 3. The van der Waals surface area contributed by atoms with Crippen LogP contribution < -0.4 is 31.9 Å². The van der Waals surface area contributed by atoms with Crippen molar-refractivity contribution in [1.82, 2.24) is 14.9 Å². The summed E-state index contributed by atoms with van der Waals surface area (Å²) in [6.07, 6.45) is 2.67. The number of nitrogen functional groups attached to an aromatic ring is 1.